The molecule has 1 heterocycles. The van der Waals surface area contributed by atoms with Crippen molar-refractivity contribution in [2.45, 2.75) is 6.10 Å². The van der Waals surface area contributed by atoms with Crippen molar-refractivity contribution in [3.8, 4) is 23.1 Å². The molecule has 0 bridgehead atoms. The van der Waals surface area contributed by atoms with Crippen molar-refractivity contribution < 1.29 is 24.1 Å². The van der Waals surface area contributed by atoms with E-state index in [9.17, 15) is 9.90 Å². The molecule has 0 fully saturated rings. The number of hydrogen-bond donors (Lipinski definition) is 2. The minimum Gasteiger partial charge on any atom is -0.497 e. The maximum atomic E-state index is 12.5. The first-order valence-electron chi connectivity index (χ1n) is 9.16. The lowest BCUT2D eigenvalue weighted by atomic mass is 10.2. The summed E-state index contributed by atoms with van der Waals surface area (Å²) >= 11 is 5.87. The van der Waals surface area contributed by atoms with E-state index in [4.69, 9.17) is 25.8 Å². The molecule has 2 N–H and O–H groups in total. The highest BCUT2D eigenvalue weighted by molar-refractivity contribution is 6.30. The second-order valence-corrected chi connectivity index (χ2v) is 6.70. The zero-order valence-electron chi connectivity index (χ0n) is 16.2. The lowest BCUT2D eigenvalue weighted by Gasteiger charge is -2.14. The van der Waals surface area contributed by atoms with Gasteiger partial charge in [0.2, 0.25) is 5.88 Å². The number of carbonyl (C=O) groups is 1. The molecule has 1 atom stereocenters. The Morgan fingerprint density at radius 2 is 1.73 bits per heavy atom. The number of aliphatic hydroxyl groups excluding tert-OH is 1. The van der Waals surface area contributed by atoms with Gasteiger partial charge in [-0.2, -0.15) is 0 Å². The van der Waals surface area contributed by atoms with Crippen molar-refractivity contribution in [1.82, 2.24) is 10.3 Å². The number of amides is 1. The zero-order chi connectivity index (χ0) is 21.3. The summed E-state index contributed by atoms with van der Waals surface area (Å²) in [7, 11) is 1.58. The van der Waals surface area contributed by atoms with Gasteiger partial charge in [0.25, 0.3) is 5.91 Å². The summed E-state index contributed by atoms with van der Waals surface area (Å²) in [5.41, 5.74) is 0.246. The number of ether oxygens (including phenoxy) is 3. The highest BCUT2D eigenvalue weighted by atomic mass is 35.5. The smallest absolute Gasteiger partial charge is 0.256 e. The van der Waals surface area contributed by atoms with Gasteiger partial charge in [0, 0.05) is 17.8 Å². The van der Waals surface area contributed by atoms with Crippen molar-refractivity contribution in [1.29, 1.82) is 0 Å². The summed E-state index contributed by atoms with van der Waals surface area (Å²) in [4.78, 5) is 16.7. The molecule has 0 aliphatic rings. The predicted molar refractivity (Wildman–Crippen MR) is 113 cm³/mol. The van der Waals surface area contributed by atoms with Crippen LogP contribution in [0.2, 0.25) is 5.02 Å². The van der Waals surface area contributed by atoms with Gasteiger partial charge >= 0.3 is 0 Å². The van der Waals surface area contributed by atoms with E-state index in [1.165, 1.54) is 6.20 Å². The highest BCUT2D eigenvalue weighted by Gasteiger charge is 2.16. The standard InChI is InChI=1S/C22H21ClN2O5/c1-28-17-8-10-18(11-9-17)29-14-16(26)13-25-21(27)20-3-2-12-24-22(20)30-19-6-4-15(23)5-7-19/h2-12,16,26H,13-14H2,1H3,(H,25,27)/t16-/m0/s1. The normalized spacial score (nSPS) is 11.4. The number of methoxy groups -OCH3 is 1. The molecule has 0 aliphatic carbocycles. The number of nitrogens with one attached hydrogen (secondary N) is 1. The maximum absolute atomic E-state index is 12.5. The van der Waals surface area contributed by atoms with Crippen LogP contribution in [0.25, 0.3) is 0 Å². The summed E-state index contributed by atoms with van der Waals surface area (Å²) in [6, 6.07) is 16.9. The minimum atomic E-state index is -0.895. The zero-order valence-corrected chi connectivity index (χ0v) is 17.0. The van der Waals surface area contributed by atoms with Gasteiger partial charge in [0.1, 0.15) is 35.5 Å². The number of rotatable bonds is 9. The Balaban J connectivity index is 1.53. The van der Waals surface area contributed by atoms with E-state index in [1.54, 1.807) is 67.8 Å². The molecule has 8 heteroatoms. The van der Waals surface area contributed by atoms with E-state index in [1.807, 2.05) is 0 Å². The molecule has 0 saturated carbocycles. The first-order valence-corrected chi connectivity index (χ1v) is 9.54. The summed E-state index contributed by atoms with van der Waals surface area (Å²) in [6.07, 6.45) is 0.632. The molecule has 3 aromatic rings. The Labute approximate surface area is 179 Å². The largest absolute Gasteiger partial charge is 0.497 e. The van der Waals surface area contributed by atoms with Crippen LogP contribution < -0.4 is 19.5 Å². The number of benzene rings is 2. The molecule has 1 aromatic heterocycles. The molecule has 156 valence electrons. The van der Waals surface area contributed by atoms with Gasteiger partial charge in [-0.1, -0.05) is 11.6 Å². The SMILES string of the molecule is COc1ccc(OC[C@@H](O)CNC(=O)c2cccnc2Oc2ccc(Cl)cc2)cc1. The molecule has 0 spiro atoms. The average molecular weight is 429 g/mol. The summed E-state index contributed by atoms with van der Waals surface area (Å²) < 4.78 is 16.3. The fourth-order valence-corrected chi connectivity index (χ4v) is 2.61. The number of hydrogen-bond acceptors (Lipinski definition) is 6. The number of carbonyl (C=O) groups excluding carboxylic acids is 1. The Kier molecular flexibility index (Phi) is 7.48. The van der Waals surface area contributed by atoms with Crippen molar-refractivity contribution >= 4 is 17.5 Å². The first-order chi connectivity index (χ1) is 14.5. The quantitative estimate of drug-likeness (QED) is 0.540. The molecule has 1 amide bonds. The molecule has 3 rings (SSSR count). The van der Waals surface area contributed by atoms with Crippen molar-refractivity contribution in [2.24, 2.45) is 0 Å². The third-order valence-electron chi connectivity index (χ3n) is 4.04. The third-order valence-corrected chi connectivity index (χ3v) is 4.30. The second-order valence-electron chi connectivity index (χ2n) is 6.26. The summed E-state index contributed by atoms with van der Waals surface area (Å²) in [6.45, 7) is 0.0258. The fourth-order valence-electron chi connectivity index (χ4n) is 2.49. The highest BCUT2D eigenvalue weighted by Crippen LogP contribution is 2.24. The predicted octanol–water partition coefficient (Wildman–Crippen LogP) is 3.71. The van der Waals surface area contributed by atoms with Gasteiger partial charge in [-0.05, 0) is 60.7 Å². The molecule has 0 aliphatic heterocycles. The molecule has 7 nitrogen and oxygen atoms in total. The van der Waals surface area contributed by atoms with Gasteiger partial charge in [0.15, 0.2) is 0 Å². The maximum Gasteiger partial charge on any atom is 0.256 e. The average Bonchev–Trinajstić information content (AvgIpc) is 2.78. The Morgan fingerprint density at radius 1 is 1.07 bits per heavy atom. The van der Waals surface area contributed by atoms with E-state index in [0.717, 1.165) is 0 Å². The number of pyridine rings is 1. The van der Waals surface area contributed by atoms with E-state index in [-0.39, 0.29) is 24.6 Å². The van der Waals surface area contributed by atoms with Crippen LogP contribution in [0.4, 0.5) is 0 Å². The number of halogens is 1. The van der Waals surface area contributed by atoms with E-state index in [2.05, 4.69) is 10.3 Å². The second kappa shape index (κ2) is 10.5. The lowest BCUT2D eigenvalue weighted by Crippen LogP contribution is -2.35. The van der Waals surface area contributed by atoms with Gasteiger partial charge in [-0.15, -0.1) is 0 Å². The van der Waals surface area contributed by atoms with Crippen molar-refractivity contribution in [2.75, 3.05) is 20.3 Å². The van der Waals surface area contributed by atoms with Crippen LogP contribution in [-0.2, 0) is 0 Å². The van der Waals surface area contributed by atoms with Crippen LogP contribution in [0.15, 0.2) is 66.9 Å². The fraction of sp³-hybridized carbons (Fsp3) is 0.182. The van der Waals surface area contributed by atoms with Crippen molar-refractivity contribution in [3.63, 3.8) is 0 Å². The summed E-state index contributed by atoms with van der Waals surface area (Å²) in [5, 5.41) is 13.3. The van der Waals surface area contributed by atoms with Crippen LogP contribution in [0, 0.1) is 0 Å². The molecule has 0 radical (unpaired) electrons. The number of aromatic nitrogens is 1. The molecule has 2 aromatic carbocycles. The van der Waals surface area contributed by atoms with E-state index < -0.39 is 12.0 Å². The first kappa shape index (κ1) is 21.4. The molecular formula is C22H21ClN2O5. The van der Waals surface area contributed by atoms with Crippen LogP contribution >= 0.6 is 11.6 Å². The van der Waals surface area contributed by atoms with Crippen LogP contribution in [0.5, 0.6) is 23.1 Å². The van der Waals surface area contributed by atoms with Gasteiger partial charge in [-0.3, -0.25) is 4.79 Å². The molecule has 0 unspecified atom stereocenters. The monoisotopic (exact) mass is 428 g/mol. The van der Waals surface area contributed by atoms with Gasteiger partial charge < -0.3 is 24.6 Å². The Bertz CT molecular complexity index is 964. The van der Waals surface area contributed by atoms with E-state index in [0.29, 0.717) is 22.3 Å². The number of aliphatic hydroxyl groups is 1. The van der Waals surface area contributed by atoms with Crippen LogP contribution in [0.1, 0.15) is 10.4 Å². The van der Waals surface area contributed by atoms with Gasteiger partial charge in [-0.25, -0.2) is 4.98 Å². The van der Waals surface area contributed by atoms with Crippen molar-refractivity contribution in [3.05, 3.63) is 77.4 Å². The van der Waals surface area contributed by atoms with Crippen LogP contribution in [0.3, 0.4) is 0 Å². The molecule has 0 saturated heterocycles. The minimum absolute atomic E-state index is 0.00423. The topological polar surface area (TPSA) is 89.9 Å². The Morgan fingerprint density at radius 3 is 2.43 bits per heavy atom. The van der Waals surface area contributed by atoms with Gasteiger partial charge in [0.05, 0.1) is 7.11 Å². The number of nitrogens with zero attached hydrogens (tertiary/aromatic N) is 1. The molecular weight excluding hydrogens is 408 g/mol. The lowest BCUT2D eigenvalue weighted by molar-refractivity contribution is 0.0841. The van der Waals surface area contributed by atoms with Crippen LogP contribution in [-0.4, -0.2) is 42.4 Å². The van der Waals surface area contributed by atoms with E-state index >= 15 is 0 Å². The Hall–Kier alpha value is -3.29. The third kappa shape index (κ3) is 6.10. The summed E-state index contributed by atoms with van der Waals surface area (Å²) in [5.74, 6) is 1.53. The molecule has 30 heavy (non-hydrogen) atoms.